The van der Waals surface area contributed by atoms with E-state index in [1.165, 1.54) is 4.68 Å². The lowest BCUT2D eigenvalue weighted by Gasteiger charge is -2.30. The Morgan fingerprint density at radius 2 is 1.95 bits per heavy atom. The van der Waals surface area contributed by atoms with Gasteiger partial charge in [0.25, 0.3) is 0 Å². The van der Waals surface area contributed by atoms with Gasteiger partial charge in [0, 0.05) is 50.8 Å². The van der Waals surface area contributed by atoms with Crippen molar-refractivity contribution in [3.63, 3.8) is 0 Å². The van der Waals surface area contributed by atoms with E-state index in [9.17, 15) is 8.42 Å². The van der Waals surface area contributed by atoms with Crippen LogP contribution in [0.15, 0.2) is 29.7 Å². The minimum absolute atomic E-state index is 0.273. The van der Waals surface area contributed by atoms with Gasteiger partial charge in [0.05, 0.1) is 11.4 Å². The predicted molar refractivity (Wildman–Crippen MR) is 80.7 cm³/mol. The van der Waals surface area contributed by atoms with Gasteiger partial charge in [0.15, 0.2) is 0 Å². The van der Waals surface area contributed by atoms with Crippen LogP contribution in [-0.2, 0) is 17.1 Å². The fourth-order valence-corrected chi connectivity index (χ4v) is 4.55. The molecule has 0 aliphatic carbocycles. The molecule has 0 amide bonds. The van der Waals surface area contributed by atoms with E-state index in [1.807, 2.05) is 0 Å². The van der Waals surface area contributed by atoms with E-state index in [2.05, 4.69) is 15.1 Å². The van der Waals surface area contributed by atoms with Crippen molar-refractivity contribution in [1.29, 1.82) is 0 Å². The maximum atomic E-state index is 12.7. The van der Waals surface area contributed by atoms with Gasteiger partial charge in [-0.15, -0.1) is 0 Å². The van der Waals surface area contributed by atoms with Gasteiger partial charge in [0.2, 0.25) is 10.0 Å². The predicted octanol–water partition coefficient (Wildman–Crippen LogP) is 1.09. The zero-order valence-electron chi connectivity index (χ0n) is 12.7. The van der Waals surface area contributed by atoms with E-state index in [0.29, 0.717) is 23.7 Å². The first kappa shape index (κ1) is 15.1. The van der Waals surface area contributed by atoms with Gasteiger partial charge >= 0.3 is 0 Å². The van der Waals surface area contributed by atoms with Crippen LogP contribution in [0.1, 0.15) is 30.1 Å². The van der Waals surface area contributed by atoms with Crippen LogP contribution < -0.4 is 0 Å². The van der Waals surface area contributed by atoms with E-state index in [1.54, 1.807) is 43.1 Å². The highest BCUT2D eigenvalue weighted by atomic mass is 32.2. The van der Waals surface area contributed by atoms with Crippen molar-refractivity contribution in [2.75, 3.05) is 13.1 Å². The molecule has 22 heavy (non-hydrogen) atoms. The lowest BCUT2D eigenvalue weighted by atomic mass is 9.95. The maximum absolute atomic E-state index is 12.7. The van der Waals surface area contributed by atoms with E-state index in [0.717, 1.165) is 18.5 Å². The molecule has 0 N–H and O–H groups in total. The third kappa shape index (κ3) is 2.76. The molecule has 2 aromatic heterocycles. The van der Waals surface area contributed by atoms with Crippen LogP contribution in [-0.4, -0.2) is 45.6 Å². The number of hydrogen-bond donors (Lipinski definition) is 0. The topological polar surface area (TPSA) is 81.0 Å². The molecule has 0 radical (unpaired) electrons. The van der Waals surface area contributed by atoms with Gasteiger partial charge in [-0.3, -0.25) is 14.6 Å². The van der Waals surface area contributed by atoms with E-state index in [-0.39, 0.29) is 5.92 Å². The zero-order chi connectivity index (χ0) is 15.7. The van der Waals surface area contributed by atoms with Crippen LogP contribution in [0, 0.1) is 6.92 Å². The summed E-state index contributed by atoms with van der Waals surface area (Å²) in [5.74, 6) is 0.273. The molecule has 0 aromatic carbocycles. The molecule has 3 rings (SSSR count). The van der Waals surface area contributed by atoms with Crippen molar-refractivity contribution < 1.29 is 8.42 Å². The van der Waals surface area contributed by atoms with Crippen LogP contribution in [0.4, 0.5) is 0 Å². The Balaban J connectivity index is 1.75. The molecule has 1 fully saturated rings. The van der Waals surface area contributed by atoms with Crippen LogP contribution >= 0.6 is 0 Å². The van der Waals surface area contributed by atoms with Crippen molar-refractivity contribution in [1.82, 2.24) is 24.1 Å². The second-order valence-corrected chi connectivity index (χ2v) is 7.47. The molecule has 0 unspecified atom stereocenters. The number of nitrogens with zero attached hydrogens (tertiary/aromatic N) is 5. The lowest BCUT2D eigenvalue weighted by molar-refractivity contribution is 0.316. The van der Waals surface area contributed by atoms with Gasteiger partial charge in [0.1, 0.15) is 4.90 Å². The second-order valence-electron chi connectivity index (χ2n) is 5.56. The SMILES string of the molecule is Cc1nn(C)cc1S(=O)(=O)N1CCC(c2cnccn2)CC1. The number of piperidine rings is 1. The fraction of sp³-hybridized carbons (Fsp3) is 0.500. The molecule has 7 nitrogen and oxygen atoms in total. The van der Waals surface area contributed by atoms with Crippen LogP contribution in [0.25, 0.3) is 0 Å². The molecular formula is C14H19N5O2S. The average molecular weight is 321 g/mol. The normalized spacial score (nSPS) is 17.7. The molecule has 0 spiro atoms. The van der Waals surface area contributed by atoms with Crippen LogP contribution in [0.2, 0.25) is 0 Å². The van der Waals surface area contributed by atoms with Gasteiger partial charge < -0.3 is 0 Å². The van der Waals surface area contributed by atoms with Crippen molar-refractivity contribution >= 4 is 10.0 Å². The summed E-state index contributed by atoms with van der Waals surface area (Å²) in [6.45, 7) is 2.72. The summed E-state index contributed by atoms with van der Waals surface area (Å²) >= 11 is 0. The summed E-state index contributed by atoms with van der Waals surface area (Å²) < 4.78 is 28.5. The Hall–Kier alpha value is -1.80. The van der Waals surface area contributed by atoms with Crippen LogP contribution in [0.5, 0.6) is 0 Å². The summed E-state index contributed by atoms with van der Waals surface area (Å²) in [6.07, 6.45) is 8.18. The summed E-state index contributed by atoms with van der Waals surface area (Å²) in [7, 11) is -1.74. The summed E-state index contributed by atoms with van der Waals surface area (Å²) in [5.41, 5.74) is 1.48. The smallest absolute Gasteiger partial charge is 0.246 e. The Labute approximate surface area is 130 Å². The summed E-state index contributed by atoms with van der Waals surface area (Å²) in [6, 6.07) is 0. The third-order valence-corrected chi connectivity index (χ3v) is 6.04. The fourth-order valence-electron chi connectivity index (χ4n) is 2.88. The molecule has 0 atom stereocenters. The van der Waals surface area contributed by atoms with Crippen molar-refractivity contribution in [2.45, 2.75) is 30.6 Å². The van der Waals surface area contributed by atoms with Crippen molar-refractivity contribution in [2.24, 2.45) is 7.05 Å². The first-order chi connectivity index (χ1) is 10.5. The van der Waals surface area contributed by atoms with Gasteiger partial charge in [-0.05, 0) is 19.8 Å². The van der Waals surface area contributed by atoms with Gasteiger partial charge in [-0.2, -0.15) is 9.40 Å². The molecule has 1 saturated heterocycles. The highest BCUT2D eigenvalue weighted by Gasteiger charge is 2.32. The van der Waals surface area contributed by atoms with Crippen LogP contribution in [0.3, 0.4) is 0 Å². The van der Waals surface area contributed by atoms with E-state index >= 15 is 0 Å². The largest absolute Gasteiger partial charge is 0.274 e. The number of rotatable bonds is 3. The molecule has 0 bridgehead atoms. The molecule has 2 aromatic rings. The molecule has 118 valence electrons. The highest BCUT2D eigenvalue weighted by molar-refractivity contribution is 7.89. The first-order valence-corrected chi connectivity index (χ1v) is 8.69. The molecule has 1 aliphatic heterocycles. The Kier molecular flexibility index (Phi) is 3.96. The highest BCUT2D eigenvalue weighted by Crippen LogP contribution is 2.29. The quantitative estimate of drug-likeness (QED) is 0.845. The maximum Gasteiger partial charge on any atom is 0.246 e. The molecule has 8 heteroatoms. The van der Waals surface area contributed by atoms with Crippen molar-refractivity contribution in [3.05, 3.63) is 36.2 Å². The number of hydrogen-bond acceptors (Lipinski definition) is 5. The summed E-state index contributed by atoms with van der Waals surface area (Å²) in [4.78, 5) is 8.70. The average Bonchev–Trinajstić information content (AvgIpc) is 2.88. The van der Waals surface area contributed by atoms with Gasteiger partial charge in [-0.1, -0.05) is 0 Å². The molecular weight excluding hydrogens is 302 g/mol. The second kappa shape index (κ2) is 5.77. The monoisotopic (exact) mass is 321 g/mol. The van der Waals surface area contributed by atoms with Gasteiger partial charge in [-0.25, -0.2) is 8.42 Å². The van der Waals surface area contributed by atoms with E-state index in [4.69, 9.17) is 0 Å². The Bertz CT molecular complexity index is 749. The Morgan fingerprint density at radius 1 is 1.23 bits per heavy atom. The number of sulfonamides is 1. The number of aromatic nitrogens is 4. The molecule has 3 heterocycles. The third-order valence-electron chi connectivity index (χ3n) is 4.04. The molecule has 1 aliphatic rings. The first-order valence-electron chi connectivity index (χ1n) is 7.25. The van der Waals surface area contributed by atoms with Crippen molar-refractivity contribution in [3.8, 4) is 0 Å². The zero-order valence-corrected chi connectivity index (χ0v) is 13.5. The number of aryl methyl sites for hydroxylation is 2. The standard InChI is InChI=1S/C14H19N5O2S/c1-11-14(10-18(2)17-11)22(20,21)19-7-3-12(4-8-19)13-9-15-5-6-16-13/h5-6,9-10,12H,3-4,7-8H2,1-2H3. The van der Waals surface area contributed by atoms with E-state index < -0.39 is 10.0 Å². The minimum Gasteiger partial charge on any atom is -0.274 e. The Morgan fingerprint density at radius 3 is 2.50 bits per heavy atom. The summed E-state index contributed by atoms with van der Waals surface area (Å²) in [5, 5.41) is 4.13. The lowest BCUT2D eigenvalue weighted by Crippen LogP contribution is -2.38. The minimum atomic E-state index is -3.46. The molecule has 0 saturated carbocycles.